The minimum atomic E-state index is -0.234. The molecular formula is C9H13ClN2O2. The van der Waals surface area contributed by atoms with Crippen LogP contribution in [-0.4, -0.2) is 16.7 Å². The Kier molecular flexibility index (Phi) is 3.52. The zero-order chi connectivity index (χ0) is 10.7. The van der Waals surface area contributed by atoms with Gasteiger partial charge in [0.25, 0.3) is 5.56 Å². The molecule has 78 valence electrons. The van der Waals surface area contributed by atoms with Crippen molar-refractivity contribution in [2.24, 2.45) is 0 Å². The van der Waals surface area contributed by atoms with Crippen molar-refractivity contribution in [3.05, 3.63) is 21.8 Å². The second kappa shape index (κ2) is 4.46. The van der Waals surface area contributed by atoms with E-state index in [1.54, 1.807) is 0 Å². The van der Waals surface area contributed by atoms with Crippen molar-refractivity contribution in [3.63, 3.8) is 0 Å². The summed E-state index contributed by atoms with van der Waals surface area (Å²) in [6.07, 6.45) is 2.30. The van der Waals surface area contributed by atoms with Crippen LogP contribution in [0.2, 0.25) is 5.15 Å². The Morgan fingerprint density at radius 2 is 2.36 bits per heavy atom. The topological polar surface area (TPSA) is 44.1 Å². The van der Waals surface area contributed by atoms with Gasteiger partial charge >= 0.3 is 0 Å². The molecule has 1 aromatic heterocycles. The molecule has 0 aromatic carbocycles. The van der Waals surface area contributed by atoms with E-state index in [-0.39, 0.29) is 22.5 Å². The molecule has 1 aromatic rings. The van der Waals surface area contributed by atoms with E-state index in [0.29, 0.717) is 0 Å². The van der Waals surface area contributed by atoms with Crippen LogP contribution in [-0.2, 0) is 0 Å². The highest BCUT2D eigenvalue weighted by molar-refractivity contribution is 6.30. The van der Waals surface area contributed by atoms with Gasteiger partial charge in [0.2, 0.25) is 5.75 Å². The summed E-state index contributed by atoms with van der Waals surface area (Å²) in [7, 11) is 1.41. The van der Waals surface area contributed by atoms with Crippen LogP contribution in [0.4, 0.5) is 0 Å². The maximum Gasteiger partial charge on any atom is 0.297 e. The standard InChI is InChI=1S/C9H13ClN2O2/c1-4-6(2)12-5-11-8(10)7(14-3)9(12)13/h5-6H,4H2,1-3H3. The first kappa shape index (κ1) is 11.0. The smallest absolute Gasteiger partial charge is 0.297 e. The summed E-state index contributed by atoms with van der Waals surface area (Å²) in [5.41, 5.74) is -0.234. The molecule has 0 bridgehead atoms. The van der Waals surface area contributed by atoms with Crippen molar-refractivity contribution in [3.8, 4) is 5.75 Å². The lowest BCUT2D eigenvalue weighted by Crippen LogP contribution is -2.24. The van der Waals surface area contributed by atoms with Crippen molar-refractivity contribution in [1.82, 2.24) is 9.55 Å². The average molecular weight is 217 g/mol. The summed E-state index contributed by atoms with van der Waals surface area (Å²) >= 11 is 5.70. The van der Waals surface area contributed by atoms with E-state index >= 15 is 0 Å². The van der Waals surface area contributed by atoms with Gasteiger partial charge in [-0.2, -0.15) is 0 Å². The van der Waals surface area contributed by atoms with Crippen molar-refractivity contribution >= 4 is 11.6 Å². The van der Waals surface area contributed by atoms with E-state index in [0.717, 1.165) is 6.42 Å². The van der Waals surface area contributed by atoms with Crippen LogP contribution in [0.25, 0.3) is 0 Å². The fraction of sp³-hybridized carbons (Fsp3) is 0.556. The highest BCUT2D eigenvalue weighted by Crippen LogP contribution is 2.17. The number of hydrogen-bond donors (Lipinski definition) is 0. The lowest BCUT2D eigenvalue weighted by atomic mass is 10.2. The molecule has 5 heteroatoms. The van der Waals surface area contributed by atoms with Crippen LogP contribution in [0.5, 0.6) is 5.75 Å². The molecule has 0 radical (unpaired) electrons. The summed E-state index contributed by atoms with van der Waals surface area (Å²) in [6, 6.07) is 0.0983. The van der Waals surface area contributed by atoms with E-state index in [1.165, 1.54) is 18.0 Å². The maximum atomic E-state index is 11.7. The molecule has 4 nitrogen and oxygen atoms in total. The third kappa shape index (κ3) is 1.90. The molecule has 0 N–H and O–H groups in total. The monoisotopic (exact) mass is 216 g/mol. The van der Waals surface area contributed by atoms with E-state index in [1.807, 2.05) is 13.8 Å². The molecule has 0 aliphatic heterocycles. The van der Waals surface area contributed by atoms with Crippen molar-refractivity contribution in [2.75, 3.05) is 7.11 Å². The second-order valence-electron chi connectivity index (χ2n) is 3.04. The Balaban J connectivity index is 3.28. The lowest BCUT2D eigenvalue weighted by Gasteiger charge is -2.13. The second-order valence-corrected chi connectivity index (χ2v) is 3.40. The van der Waals surface area contributed by atoms with Crippen molar-refractivity contribution in [1.29, 1.82) is 0 Å². The fourth-order valence-electron chi connectivity index (χ4n) is 1.11. The minimum Gasteiger partial charge on any atom is -0.489 e. The van der Waals surface area contributed by atoms with Crippen molar-refractivity contribution in [2.45, 2.75) is 26.3 Å². The molecule has 0 spiro atoms. The largest absolute Gasteiger partial charge is 0.489 e. The molecule has 0 saturated heterocycles. The van der Waals surface area contributed by atoms with Gasteiger partial charge in [0.05, 0.1) is 13.4 Å². The summed E-state index contributed by atoms with van der Waals surface area (Å²) < 4.78 is 6.40. The number of rotatable bonds is 3. The van der Waals surface area contributed by atoms with E-state index in [9.17, 15) is 4.79 Å². The zero-order valence-corrected chi connectivity index (χ0v) is 9.21. The molecule has 0 aliphatic carbocycles. The highest BCUT2D eigenvalue weighted by atomic mass is 35.5. The number of ether oxygens (including phenoxy) is 1. The van der Waals surface area contributed by atoms with Gasteiger partial charge < -0.3 is 4.74 Å². The van der Waals surface area contributed by atoms with Gasteiger partial charge in [-0.1, -0.05) is 18.5 Å². The van der Waals surface area contributed by atoms with Gasteiger partial charge in [-0.25, -0.2) is 4.98 Å². The molecular weight excluding hydrogens is 204 g/mol. The summed E-state index contributed by atoms with van der Waals surface area (Å²) in [5, 5.41) is 0.108. The van der Waals surface area contributed by atoms with Crippen LogP contribution in [0.3, 0.4) is 0 Å². The molecule has 0 saturated carbocycles. The lowest BCUT2D eigenvalue weighted by molar-refractivity contribution is 0.391. The number of halogens is 1. The molecule has 14 heavy (non-hydrogen) atoms. The predicted octanol–water partition coefficient (Wildman–Crippen LogP) is 1.88. The van der Waals surface area contributed by atoms with Gasteiger partial charge in [-0.15, -0.1) is 0 Å². The molecule has 1 heterocycles. The van der Waals surface area contributed by atoms with Crippen LogP contribution in [0.1, 0.15) is 26.3 Å². The van der Waals surface area contributed by atoms with Crippen LogP contribution >= 0.6 is 11.6 Å². The average Bonchev–Trinajstić information content (AvgIpc) is 2.18. The van der Waals surface area contributed by atoms with Crippen LogP contribution < -0.4 is 10.3 Å². The number of methoxy groups -OCH3 is 1. The molecule has 0 amide bonds. The Labute approximate surface area is 87.5 Å². The molecule has 1 atom stereocenters. The summed E-state index contributed by atoms with van der Waals surface area (Å²) in [4.78, 5) is 15.6. The fourth-order valence-corrected chi connectivity index (χ4v) is 1.31. The molecule has 1 unspecified atom stereocenters. The first-order chi connectivity index (χ1) is 6.61. The maximum absolute atomic E-state index is 11.7. The highest BCUT2D eigenvalue weighted by Gasteiger charge is 2.12. The van der Waals surface area contributed by atoms with Crippen molar-refractivity contribution < 1.29 is 4.74 Å². The quantitative estimate of drug-likeness (QED) is 0.725. The number of aromatic nitrogens is 2. The van der Waals surface area contributed by atoms with E-state index in [4.69, 9.17) is 16.3 Å². The number of nitrogens with zero attached hydrogens (tertiary/aromatic N) is 2. The van der Waals surface area contributed by atoms with Crippen LogP contribution in [0.15, 0.2) is 11.1 Å². The molecule has 0 fully saturated rings. The SMILES string of the molecule is CCC(C)n1cnc(Cl)c(OC)c1=O. The Morgan fingerprint density at radius 3 is 2.86 bits per heavy atom. The van der Waals surface area contributed by atoms with E-state index < -0.39 is 0 Å². The van der Waals surface area contributed by atoms with Gasteiger partial charge in [0.1, 0.15) is 0 Å². The minimum absolute atomic E-state index is 0.0983. The van der Waals surface area contributed by atoms with E-state index in [2.05, 4.69) is 4.98 Å². The first-order valence-electron chi connectivity index (χ1n) is 4.42. The first-order valence-corrected chi connectivity index (χ1v) is 4.80. The Morgan fingerprint density at radius 1 is 1.71 bits per heavy atom. The van der Waals surface area contributed by atoms with Gasteiger partial charge in [-0.05, 0) is 13.3 Å². The predicted molar refractivity (Wildman–Crippen MR) is 55.1 cm³/mol. The Bertz CT molecular complexity index is 376. The normalized spacial score (nSPS) is 12.6. The zero-order valence-electron chi connectivity index (χ0n) is 8.45. The molecule has 1 rings (SSSR count). The van der Waals surface area contributed by atoms with Crippen LogP contribution in [0, 0.1) is 0 Å². The number of hydrogen-bond acceptors (Lipinski definition) is 3. The third-order valence-electron chi connectivity index (χ3n) is 2.18. The summed E-state index contributed by atoms with van der Waals surface area (Å²) in [6.45, 7) is 3.94. The van der Waals surface area contributed by atoms with Gasteiger partial charge in [0, 0.05) is 6.04 Å². The summed E-state index contributed by atoms with van der Waals surface area (Å²) in [5.74, 6) is 0.106. The molecule has 0 aliphatic rings. The van der Waals surface area contributed by atoms with Gasteiger partial charge in [0.15, 0.2) is 5.15 Å². The third-order valence-corrected chi connectivity index (χ3v) is 2.45. The van der Waals surface area contributed by atoms with Gasteiger partial charge in [-0.3, -0.25) is 9.36 Å². The Hall–Kier alpha value is -1.03.